The second kappa shape index (κ2) is 5.11. The quantitative estimate of drug-likeness (QED) is 0.856. The highest BCUT2D eigenvalue weighted by Crippen LogP contribution is 2.28. The maximum atomic E-state index is 11.9. The molecule has 1 fully saturated rings. The number of carbonyl (C=O) groups is 1. The molecule has 1 unspecified atom stereocenters. The maximum absolute atomic E-state index is 11.9. The number of rotatable bonds is 4. The minimum Gasteiger partial charge on any atom is -0.368 e. The topological polar surface area (TPSA) is 55.1 Å². The standard InChI is InChI=1S/C15H22N2O/c1-11-7-3-6-10-13(11)15(2,14(16)18)17-12-8-4-5-9-12/h3,6-7,10,12,17H,4-5,8-9H2,1-2H3,(H2,16,18). The Hall–Kier alpha value is -1.35. The normalized spacial score (nSPS) is 19.7. The number of amides is 1. The molecule has 0 saturated heterocycles. The van der Waals surface area contributed by atoms with E-state index in [1.807, 2.05) is 38.1 Å². The highest BCUT2D eigenvalue weighted by molar-refractivity contribution is 5.86. The van der Waals surface area contributed by atoms with E-state index < -0.39 is 5.54 Å². The lowest BCUT2D eigenvalue weighted by Gasteiger charge is -2.32. The van der Waals surface area contributed by atoms with Gasteiger partial charge in [0, 0.05) is 6.04 Å². The molecule has 0 aromatic heterocycles. The number of carbonyl (C=O) groups excluding carboxylic acids is 1. The lowest BCUT2D eigenvalue weighted by molar-refractivity contribution is -0.124. The molecule has 1 aromatic rings. The van der Waals surface area contributed by atoms with Crippen LogP contribution in [0.1, 0.15) is 43.7 Å². The predicted octanol–water partition coefficient (Wildman–Crippen LogP) is 2.23. The van der Waals surface area contributed by atoms with Crippen molar-refractivity contribution in [3.8, 4) is 0 Å². The van der Waals surface area contributed by atoms with E-state index in [-0.39, 0.29) is 5.91 Å². The second-order valence-corrected chi connectivity index (χ2v) is 5.43. The van der Waals surface area contributed by atoms with Crippen LogP contribution < -0.4 is 11.1 Å². The molecular formula is C15H22N2O. The molecule has 0 spiro atoms. The van der Waals surface area contributed by atoms with Gasteiger partial charge in [0.05, 0.1) is 0 Å². The Morgan fingerprint density at radius 1 is 1.33 bits per heavy atom. The van der Waals surface area contributed by atoms with Crippen LogP contribution in [0.3, 0.4) is 0 Å². The zero-order valence-corrected chi connectivity index (χ0v) is 11.2. The summed E-state index contributed by atoms with van der Waals surface area (Å²) in [6, 6.07) is 8.35. The molecule has 3 nitrogen and oxygen atoms in total. The summed E-state index contributed by atoms with van der Waals surface area (Å²) < 4.78 is 0. The van der Waals surface area contributed by atoms with Crippen molar-refractivity contribution in [1.29, 1.82) is 0 Å². The van der Waals surface area contributed by atoms with Crippen LogP contribution >= 0.6 is 0 Å². The van der Waals surface area contributed by atoms with Crippen molar-refractivity contribution in [3.63, 3.8) is 0 Å². The van der Waals surface area contributed by atoms with E-state index in [9.17, 15) is 4.79 Å². The van der Waals surface area contributed by atoms with Crippen LogP contribution in [0.15, 0.2) is 24.3 Å². The molecule has 0 aliphatic heterocycles. The number of aryl methyl sites for hydroxylation is 1. The molecule has 0 heterocycles. The Balaban J connectivity index is 2.31. The van der Waals surface area contributed by atoms with E-state index in [0.717, 1.165) is 24.0 Å². The molecule has 1 aliphatic carbocycles. The van der Waals surface area contributed by atoms with Gasteiger partial charge in [-0.2, -0.15) is 0 Å². The fraction of sp³-hybridized carbons (Fsp3) is 0.533. The Kier molecular flexibility index (Phi) is 3.71. The fourth-order valence-electron chi connectivity index (χ4n) is 2.89. The van der Waals surface area contributed by atoms with Gasteiger partial charge >= 0.3 is 0 Å². The monoisotopic (exact) mass is 246 g/mol. The Morgan fingerprint density at radius 2 is 1.94 bits per heavy atom. The van der Waals surface area contributed by atoms with Crippen molar-refractivity contribution in [1.82, 2.24) is 5.32 Å². The maximum Gasteiger partial charge on any atom is 0.242 e. The van der Waals surface area contributed by atoms with Crippen molar-refractivity contribution < 1.29 is 4.79 Å². The highest BCUT2D eigenvalue weighted by Gasteiger charge is 2.36. The van der Waals surface area contributed by atoms with Crippen molar-refractivity contribution in [2.75, 3.05) is 0 Å². The number of nitrogens with two attached hydrogens (primary N) is 1. The van der Waals surface area contributed by atoms with Crippen molar-refractivity contribution in [3.05, 3.63) is 35.4 Å². The molecule has 3 heteroatoms. The summed E-state index contributed by atoms with van der Waals surface area (Å²) in [6.45, 7) is 3.92. The Morgan fingerprint density at radius 3 is 2.50 bits per heavy atom. The summed E-state index contributed by atoms with van der Waals surface area (Å²) in [7, 11) is 0. The van der Waals surface area contributed by atoms with Gasteiger partial charge in [-0.25, -0.2) is 0 Å². The largest absolute Gasteiger partial charge is 0.368 e. The molecule has 98 valence electrons. The van der Waals surface area contributed by atoms with Gasteiger partial charge in [0.25, 0.3) is 0 Å². The van der Waals surface area contributed by atoms with Crippen LogP contribution in [0, 0.1) is 6.92 Å². The molecule has 1 aliphatic rings. The van der Waals surface area contributed by atoms with E-state index in [4.69, 9.17) is 5.73 Å². The Bertz CT molecular complexity index is 438. The average molecular weight is 246 g/mol. The van der Waals surface area contributed by atoms with Crippen LogP contribution in [0.5, 0.6) is 0 Å². The molecule has 1 saturated carbocycles. The first kappa shape index (κ1) is 13.1. The third-order valence-electron chi connectivity index (χ3n) is 4.02. The van der Waals surface area contributed by atoms with Gasteiger partial charge in [0.2, 0.25) is 5.91 Å². The van der Waals surface area contributed by atoms with Crippen LogP contribution in [0.25, 0.3) is 0 Å². The first-order valence-electron chi connectivity index (χ1n) is 6.68. The van der Waals surface area contributed by atoms with Gasteiger partial charge in [0.15, 0.2) is 0 Å². The van der Waals surface area contributed by atoms with Crippen LogP contribution in [-0.2, 0) is 10.3 Å². The van der Waals surface area contributed by atoms with Gasteiger partial charge < -0.3 is 5.73 Å². The molecule has 3 N–H and O–H groups in total. The molecule has 2 rings (SSSR count). The first-order valence-corrected chi connectivity index (χ1v) is 6.68. The molecule has 1 atom stereocenters. The number of primary amides is 1. The molecule has 18 heavy (non-hydrogen) atoms. The predicted molar refractivity (Wildman–Crippen MR) is 73.1 cm³/mol. The molecule has 1 aromatic carbocycles. The van der Waals surface area contributed by atoms with Gasteiger partial charge in [-0.05, 0) is 37.8 Å². The number of nitrogens with one attached hydrogen (secondary N) is 1. The third kappa shape index (κ3) is 2.41. The summed E-state index contributed by atoms with van der Waals surface area (Å²) in [5, 5.41) is 3.47. The lowest BCUT2D eigenvalue weighted by atomic mass is 9.87. The van der Waals surface area contributed by atoms with Gasteiger partial charge in [-0.1, -0.05) is 37.1 Å². The zero-order valence-electron chi connectivity index (χ0n) is 11.2. The minimum absolute atomic E-state index is 0.302. The van der Waals surface area contributed by atoms with E-state index in [2.05, 4.69) is 5.32 Å². The van der Waals surface area contributed by atoms with E-state index in [1.165, 1.54) is 12.8 Å². The molecule has 0 bridgehead atoms. The lowest BCUT2D eigenvalue weighted by Crippen LogP contribution is -2.54. The molecule has 1 amide bonds. The smallest absolute Gasteiger partial charge is 0.242 e. The second-order valence-electron chi connectivity index (χ2n) is 5.43. The van der Waals surface area contributed by atoms with Gasteiger partial charge in [-0.3, -0.25) is 10.1 Å². The highest BCUT2D eigenvalue weighted by atomic mass is 16.1. The first-order chi connectivity index (χ1) is 8.54. The van der Waals surface area contributed by atoms with Crippen molar-refractivity contribution in [2.24, 2.45) is 5.73 Å². The number of hydrogen-bond acceptors (Lipinski definition) is 2. The average Bonchev–Trinajstić information content (AvgIpc) is 2.81. The van der Waals surface area contributed by atoms with Crippen LogP contribution in [-0.4, -0.2) is 11.9 Å². The van der Waals surface area contributed by atoms with Crippen LogP contribution in [0.4, 0.5) is 0 Å². The summed E-state index contributed by atoms with van der Waals surface area (Å²) in [5.74, 6) is -0.302. The van der Waals surface area contributed by atoms with E-state index in [1.54, 1.807) is 0 Å². The SMILES string of the molecule is Cc1ccccc1C(C)(NC1CCCC1)C(N)=O. The summed E-state index contributed by atoms with van der Waals surface area (Å²) in [5.41, 5.74) is 6.98. The van der Waals surface area contributed by atoms with E-state index in [0.29, 0.717) is 6.04 Å². The Labute approximate surface area is 109 Å². The summed E-state index contributed by atoms with van der Waals surface area (Å²) in [4.78, 5) is 11.9. The summed E-state index contributed by atoms with van der Waals surface area (Å²) in [6.07, 6.45) is 4.74. The van der Waals surface area contributed by atoms with E-state index >= 15 is 0 Å². The third-order valence-corrected chi connectivity index (χ3v) is 4.02. The zero-order chi connectivity index (χ0) is 13.2. The fourth-order valence-corrected chi connectivity index (χ4v) is 2.89. The minimum atomic E-state index is -0.764. The summed E-state index contributed by atoms with van der Waals surface area (Å²) >= 11 is 0. The van der Waals surface area contributed by atoms with Crippen LogP contribution in [0.2, 0.25) is 0 Å². The van der Waals surface area contributed by atoms with Gasteiger partial charge in [0.1, 0.15) is 5.54 Å². The van der Waals surface area contributed by atoms with Crippen molar-refractivity contribution >= 4 is 5.91 Å². The number of hydrogen-bond donors (Lipinski definition) is 2. The van der Waals surface area contributed by atoms with Gasteiger partial charge in [-0.15, -0.1) is 0 Å². The van der Waals surface area contributed by atoms with Crippen molar-refractivity contribution in [2.45, 2.75) is 51.1 Å². The molecule has 0 radical (unpaired) electrons. The number of benzene rings is 1. The molecular weight excluding hydrogens is 224 g/mol.